The molecule has 0 saturated carbocycles. The van der Waals surface area contributed by atoms with E-state index in [9.17, 15) is 59.0 Å². The molecule has 16 rings (SSSR count). The van der Waals surface area contributed by atoms with Crippen molar-refractivity contribution in [2.24, 2.45) is 36.8 Å². The smallest absolute Gasteiger partial charge is 0.416 e. The van der Waals surface area contributed by atoms with Crippen molar-refractivity contribution in [2.45, 2.75) is 170 Å². The normalized spacial score (nSPS) is 15.4. The van der Waals surface area contributed by atoms with Crippen molar-refractivity contribution in [3.8, 4) is 0 Å². The maximum absolute atomic E-state index is 13.4. The van der Waals surface area contributed by atoms with Crippen LogP contribution in [0.5, 0.6) is 0 Å². The minimum Gasteiger partial charge on any atom is -0.512 e. The summed E-state index contributed by atoms with van der Waals surface area (Å²) in [6, 6.07) is 85.8. The summed E-state index contributed by atoms with van der Waals surface area (Å²) in [7, 11) is 0. The van der Waals surface area contributed by atoms with E-state index < -0.39 is 40.7 Å². The molecule has 5 heterocycles. The van der Waals surface area contributed by atoms with E-state index in [1.807, 2.05) is 120 Å². The third-order valence-electron chi connectivity index (χ3n) is 21.9. The maximum atomic E-state index is 13.4. The molecule has 5 aliphatic heterocycles. The van der Waals surface area contributed by atoms with Crippen LogP contribution in [0.3, 0.4) is 0 Å². The van der Waals surface area contributed by atoms with Crippen LogP contribution >= 0.6 is 0 Å². The summed E-state index contributed by atoms with van der Waals surface area (Å²) in [5, 5.41) is 25.9. The first kappa shape index (κ1) is 115. The monoisotopic (exact) mass is 2700 g/mol. The zero-order valence-electron chi connectivity index (χ0n) is 76.3. The molecule has 1 atom stereocenters. The summed E-state index contributed by atoms with van der Waals surface area (Å²) >= 11 is 0. The van der Waals surface area contributed by atoms with Crippen LogP contribution < -0.4 is 0 Å². The topological polar surface area (TPSA) is 174 Å². The number of alkyl halides is 6. The fraction of sp³-hybridized carbons (Fsp3) is 0.259. The Hall–Kier alpha value is -9.98. The van der Waals surface area contributed by atoms with E-state index in [2.05, 4.69) is 155 Å². The van der Waals surface area contributed by atoms with Gasteiger partial charge >= 0.3 is 12.4 Å². The largest absolute Gasteiger partial charge is 0.512 e. The summed E-state index contributed by atoms with van der Waals surface area (Å²) in [5.41, 5.74) is 16.1. The Labute approximate surface area is 841 Å². The van der Waals surface area contributed by atoms with Gasteiger partial charge in [0.15, 0.2) is 17.3 Å². The van der Waals surface area contributed by atoms with Crippen molar-refractivity contribution >= 4 is 63.0 Å². The second-order valence-electron chi connectivity index (χ2n) is 33.3. The summed E-state index contributed by atoms with van der Waals surface area (Å²) in [5.74, 6) is -1.98. The molecular formula is C108H103F9Ir5N5O6-5. The minimum absolute atomic E-state index is 0. The third kappa shape index (κ3) is 29.0. The second-order valence-corrected chi connectivity index (χ2v) is 33.3. The number of aliphatic hydroxyl groups excluding tert-OH is 3. The first-order valence-corrected chi connectivity index (χ1v) is 41.7. The Morgan fingerprint density at radius 3 is 1.21 bits per heavy atom. The summed E-state index contributed by atoms with van der Waals surface area (Å²) in [6.07, 6.45) is -3.13. The van der Waals surface area contributed by atoms with Gasteiger partial charge in [0.2, 0.25) is 0 Å². The second kappa shape index (κ2) is 50.0. The zero-order chi connectivity index (χ0) is 94.0. The van der Waals surface area contributed by atoms with Gasteiger partial charge in [-0.1, -0.05) is 184 Å². The number of fused-ring (bicyclic) bond motifs is 5. The molecule has 709 valence electrons. The number of benzene rings is 11. The number of aliphatic hydroxyl groups is 3. The van der Waals surface area contributed by atoms with E-state index in [4.69, 9.17) is 25.2 Å². The third-order valence-corrected chi connectivity index (χ3v) is 21.9. The van der Waals surface area contributed by atoms with Gasteiger partial charge in [-0.2, -0.15) is 26.3 Å². The number of halogens is 9. The van der Waals surface area contributed by atoms with E-state index in [0.717, 1.165) is 106 Å². The van der Waals surface area contributed by atoms with Crippen LogP contribution in [0.1, 0.15) is 214 Å². The van der Waals surface area contributed by atoms with Crippen molar-refractivity contribution in [3.05, 3.63) is 409 Å². The summed E-state index contributed by atoms with van der Waals surface area (Å²) in [6.45, 7) is 31.9. The number of carbonyl (C=O) groups excluding carboxylic acids is 3. The molecule has 0 bridgehead atoms. The molecule has 0 amide bonds. The van der Waals surface area contributed by atoms with E-state index in [-0.39, 0.29) is 175 Å². The summed E-state index contributed by atoms with van der Waals surface area (Å²) < 4.78 is 117. The van der Waals surface area contributed by atoms with Gasteiger partial charge < -0.3 is 25.3 Å². The van der Waals surface area contributed by atoms with Crippen molar-refractivity contribution in [3.63, 3.8) is 0 Å². The van der Waals surface area contributed by atoms with Crippen LogP contribution in [-0.4, -0.2) is 61.2 Å². The molecule has 0 spiro atoms. The van der Waals surface area contributed by atoms with Gasteiger partial charge in [-0.25, -0.2) is 8.78 Å². The predicted molar refractivity (Wildman–Crippen MR) is 492 cm³/mol. The quantitative estimate of drug-likeness (QED) is 0.0448. The van der Waals surface area contributed by atoms with Gasteiger partial charge in [0, 0.05) is 153 Å². The number of carbonyl (C=O) groups is 3. The van der Waals surface area contributed by atoms with Crippen LogP contribution in [0.2, 0.25) is 0 Å². The Balaban J connectivity index is 0.000000327. The van der Waals surface area contributed by atoms with Crippen LogP contribution in [0.4, 0.5) is 56.6 Å². The van der Waals surface area contributed by atoms with Crippen LogP contribution in [0.15, 0.2) is 303 Å². The Bertz CT molecular complexity index is 6040. The molecule has 1 unspecified atom stereocenters. The van der Waals surface area contributed by atoms with Crippen molar-refractivity contribution < 1.29 is 170 Å². The van der Waals surface area contributed by atoms with Crippen molar-refractivity contribution in [1.29, 1.82) is 0 Å². The molecule has 133 heavy (non-hydrogen) atoms. The number of nitrogens with zero attached hydrogens (tertiary/aromatic N) is 5. The molecule has 25 heteroatoms. The van der Waals surface area contributed by atoms with Crippen LogP contribution in [-0.2, 0) is 155 Å². The molecule has 0 saturated heterocycles. The van der Waals surface area contributed by atoms with Gasteiger partial charge in [-0.05, 0) is 170 Å². The number of aliphatic imine (C=N–C) groups is 5. The first-order chi connectivity index (χ1) is 60.3. The summed E-state index contributed by atoms with van der Waals surface area (Å²) in [4.78, 5) is 54.7. The molecule has 0 aliphatic carbocycles. The van der Waals surface area contributed by atoms with E-state index >= 15 is 0 Å². The number of hydrogen-bond acceptors (Lipinski definition) is 11. The molecule has 3 N–H and O–H groups in total. The van der Waals surface area contributed by atoms with Gasteiger partial charge in [-0.15, -0.1) is 155 Å². The van der Waals surface area contributed by atoms with Gasteiger partial charge in [0.25, 0.3) is 0 Å². The van der Waals surface area contributed by atoms with Crippen molar-refractivity contribution in [2.75, 3.05) is 0 Å². The Kier molecular flexibility index (Phi) is 43.4. The van der Waals surface area contributed by atoms with Gasteiger partial charge in [-0.3, -0.25) is 33.8 Å². The molecule has 5 aliphatic rings. The molecule has 11 nitrogen and oxygen atoms in total. The van der Waals surface area contributed by atoms with E-state index in [0.29, 0.717) is 33.7 Å². The molecule has 11 aromatic carbocycles. The number of hydrogen-bond donors (Lipinski definition) is 3. The number of ketones is 3. The molecular weight excluding hydrogens is 2600 g/mol. The van der Waals surface area contributed by atoms with Gasteiger partial charge in [0.1, 0.15) is 0 Å². The average Bonchev–Trinajstić information content (AvgIpc) is 1.59. The van der Waals surface area contributed by atoms with Crippen LogP contribution in [0, 0.1) is 59.6 Å². The molecule has 0 aromatic heterocycles. The number of para-hydroxylation sites is 3. The maximum Gasteiger partial charge on any atom is 0.416 e. The van der Waals surface area contributed by atoms with Crippen molar-refractivity contribution in [1.82, 2.24) is 0 Å². The Morgan fingerprint density at radius 2 is 0.797 bits per heavy atom. The fourth-order valence-electron chi connectivity index (χ4n) is 15.1. The molecule has 0 fully saturated rings. The first-order valence-electron chi connectivity index (χ1n) is 41.7. The standard InChI is InChI=1S/C23H14F6N.C18H18N.C16H12F2N.C16H13FN.C16H14N.C9H16O2.2C5H8O2.5Ir/c1-21(15-10-12-17(13-11-15)23(27,28)29)19-5-3-2-4-18(19)20(30-21)14-6-8-16(9-7-14)22(24,25)26;1-3-18(4-2)15-12-8-9-13-16(15)19-17(18)14-10-6-5-7-11-14;1-16(2)11-5-3-4-6-14(11)19-15(16)10-7-8-12(17)13(18)9-10;1-16(2)13-8-3-4-9-14(13)18-15(16)11-6-5-7-12(17)10-11;1-16(2)14-11-7-6-10-13(14)15(17-16)12-8-4-3-5-9-12;1-6(2)8(10)5-9(11)7(3)4;2*1-4(6)3-5(2)7;;;;;/h2-6,8-13H,1H3;5-10,12-13H,3-4H2,1-2H3;3-6,8-9H,1-2H3;3-5,7-10H,1-2H3;3-8,10-11H,1-2H3;5-7,10H,1-4H3;2*3,6H,1-2H3;;;;;/q5*-1;;;;;;;;. The Morgan fingerprint density at radius 1 is 0.398 bits per heavy atom. The SMILES string of the molecule is CC(=O)C=C(C)O.CC(=O)C=C(C)O.CC(C)C(=O)C=C(O)C(C)C.CC1(C)C(c2[c-]cc(F)c(F)c2)=Nc2ccccc21.CC1(C)C(c2[c-]ccc(F)c2)=Nc2ccccc21.CC1(C)N=C(c2[c-]cccc2)c2ccccc21.CC1(c2ccc(C(F)(F)F)cc2)N=C(c2[c-]cc(C(F)(F)F)cc2)c2ccccc21.CCC1(CC)C(c2[c-]cccc2)=Nc2ccccc21.[Ir].[Ir].[Ir].[Ir].[Ir]. The fourth-order valence-corrected chi connectivity index (χ4v) is 15.1. The number of rotatable bonds is 13. The van der Waals surface area contributed by atoms with E-state index in [1.165, 1.54) is 104 Å². The zero-order valence-corrected chi connectivity index (χ0v) is 88.2. The minimum atomic E-state index is -4.47. The molecule has 11 aromatic rings. The predicted octanol–water partition coefficient (Wildman–Crippen LogP) is 27.5. The van der Waals surface area contributed by atoms with Crippen LogP contribution in [0.25, 0.3) is 0 Å². The average molecular weight is 2700 g/mol. The van der Waals surface area contributed by atoms with Gasteiger partial charge in [0.05, 0.1) is 62.6 Å². The molecule has 5 radical (unpaired) electrons. The van der Waals surface area contributed by atoms with E-state index in [1.54, 1.807) is 31.2 Å². The number of allylic oxidation sites excluding steroid dienone is 6.